The van der Waals surface area contributed by atoms with E-state index >= 15 is 0 Å². The van der Waals surface area contributed by atoms with Gasteiger partial charge < -0.3 is 34.0 Å². The Morgan fingerprint density at radius 3 is 2.10 bits per heavy atom. The number of ether oxygens (including phenoxy) is 1. The number of aliphatic hydroxyl groups excluding tert-OH is 1. The van der Waals surface area contributed by atoms with E-state index in [1.165, 1.54) is 75.5 Å². The topological polar surface area (TPSA) is 118 Å². The molecule has 3 N–H and O–H groups in total. The Bertz CT molecular complexity index is 713. The van der Waals surface area contributed by atoms with Gasteiger partial charge in [0.2, 0.25) is 11.8 Å². The third kappa shape index (κ3) is 18.4. The molecule has 0 spiro atoms. The van der Waals surface area contributed by atoms with Crippen molar-refractivity contribution >= 4 is 30.3 Å². The van der Waals surface area contributed by atoms with E-state index in [1.807, 2.05) is 0 Å². The molecule has 9 nitrogen and oxygen atoms in total. The zero-order valence-electron chi connectivity index (χ0n) is 24.6. The van der Waals surface area contributed by atoms with Gasteiger partial charge in [0.05, 0.1) is 31.5 Å². The Morgan fingerprint density at radius 2 is 1.56 bits per heavy atom. The third-order valence-electron chi connectivity index (χ3n) is 6.83. The summed E-state index contributed by atoms with van der Waals surface area (Å²) in [5.41, 5.74) is 0. The van der Waals surface area contributed by atoms with Crippen molar-refractivity contribution in [1.29, 1.82) is 0 Å². The minimum Gasteiger partial charge on any atom is -0.394 e. The van der Waals surface area contributed by atoms with Gasteiger partial charge in [-0.25, -0.2) is 0 Å². The highest BCUT2D eigenvalue weighted by Crippen LogP contribution is 2.47. The van der Waals surface area contributed by atoms with E-state index < -0.39 is 18.9 Å². The summed E-state index contributed by atoms with van der Waals surface area (Å²) in [6.45, 7) is 2.74. The molecule has 2 amide bonds. The monoisotopic (exact) mass is 594 g/mol. The number of aliphatic hydroxyl groups is 1. The number of amides is 2. The van der Waals surface area contributed by atoms with Crippen molar-refractivity contribution in [2.45, 2.75) is 135 Å². The number of hydrogen-bond donors (Lipinski definition) is 3. The van der Waals surface area contributed by atoms with Crippen LogP contribution in [0.5, 0.6) is 0 Å². The molecule has 39 heavy (non-hydrogen) atoms. The molecule has 1 heterocycles. The van der Waals surface area contributed by atoms with Crippen molar-refractivity contribution in [2.75, 3.05) is 32.9 Å². The maximum atomic E-state index is 12.6. The van der Waals surface area contributed by atoms with Crippen LogP contribution in [-0.4, -0.2) is 77.9 Å². The predicted molar refractivity (Wildman–Crippen MR) is 159 cm³/mol. The van der Waals surface area contributed by atoms with E-state index in [2.05, 4.69) is 12.2 Å². The molecule has 3 unspecified atom stereocenters. The summed E-state index contributed by atoms with van der Waals surface area (Å²) >= 11 is 5.03. The molecule has 0 saturated carbocycles. The number of nitrogens with one attached hydrogen (secondary N) is 1. The second-order valence-electron chi connectivity index (χ2n) is 10.9. The molecule has 1 aliphatic rings. The van der Waals surface area contributed by atoms with Gasteiger partial charge in [0, 0.05) is 19.5 Å². The van der Waals surface area contributed by atoms with Gasteiger partial charge >= 0.3 is 6.72 Å². The Balaban J connectivity index is 2.04. The summed E-state index contributed by atoms with van der Waals surface area (Å²) in [5.74, 6) is -0.273. The number of hydrogen-bond acceptors (Lipinski definition) is 7. The zero-order chi connectivity index (χ0) is 28.9. The molecule has 0 bridgehead atoms. The summed E-state index contributed by atoms with van der Waals surface area (Å²) in [4.78, 5) is 36.3. The van der Waals surface area contributed by atoms with Crippen LogP contribution in [0.2, 0.25) is 0 Å². The van der Waals surface area contributed by atoms with Crippen molar-refractivity contribution in [1.82, 2.24) is 10.2 Å². The first kappa shape index (κ1) is 36.4. The molecule has 0 aromatic carbocycles. The number of likely N-dealkylation sites (tertiary alicyclic amines) is 1. The number of rotatable bonds is 24. The maximum Gasteiger partial charge on any atom is 0.325 e. The van der Waals surface area contributed by atoms with Gasteiger partial charge in [-0.1, -0.05) is 84.0 Å². The highest BCUT2D eigenvalue weighted by Gasteiger charge is 2.38. The fraction of sp³-hybridized carbons (Fsp3) is 0.929. The van der Waals surface area contributed by atoms with Gasteiger partial charge in [0.25, 0.3) is 0 Å². The van der Waals surface area contributed by atoms with Crippen LogP contribution in [0.3, 0.4) is 0 Å². The smallest absolute Gasteiger partial charge is 0.325 e. The lowest BCUT2D eigenvalue weighted by Gasteiger charge is -2.23. The Kier molecular flexibility index (Phi) is 20.6. The van der Waals surface area contributed by atoms with E-state index in [0.717, 1.165) is 12.8 Å². The minimum atomic E-state index is -3.41. The van der Waals surface area contributed by atoms with E-state index in [4.69, 9.17) is 25.6 Å². The summed E-state index contributed by atoms with van der Waals surface area (Å²) < 4.78 is 16.3. The molecule has 230 valence electrons. The molecule has 0 aromatic rings. The highest BCUT2D eigenvalue weighted by molar-refractivity contribution is 8.07. The van der Waals surface area contributed by atoms with E-state index in [-0.39, 0.29) is 44.3 Å². The second-order valence-corrected chi connectivity index (χ2v) is 13.6. The summed E-state index contributed by atoms with van der Waals surface area (Å²) in [7, 11) is 0. The number of carbonyl (C=O) groups excluding carboxylic acids is 2. The third-order valence-corrected chi connectivity index (χ3v) is 8.60. The Hall–Kier alpha value is -0.610. The molecule has 3 atom stereocenters. The second kappa shape index (κ2) is 22.0. The summed E-state index contributed by atoms with van der Waals surface area (Å²) in [5, 5.41) is 12.5. The van der Waals surface area contributed by atoms with Crippen LogP contribution < -0.4 is 5.32 Å². The van der Waals surface area contributed by atoms with Crippen LogP contribution in [0.4, 0.5) is 0 Å². The first-order valence-electron chi connectivity index (χ1n) is 15.1. The van der Waals surface area contributed by atoms with Crippen molar-refractivity contribution in [2.24, 2.45) is 0 Å². The van der Waals surface area contributed by atoms with Crippen molar-refractivity contribution in [3.8, 4) is 0 Å². The molecular weight excluding hydrogens is 539 g/mol. The molecule has 1 saturated heterocycles. The quantitative estimate of drug-likeness (QED) is 0.103. The fourth-order valence-electron chi connectivity index (χ4n) is 4.80. The van der Waals surface area contributed by atoms with Crippen molar-refractivity contribution in [3.05, 3.63) is 0 Å². The van der Waals surface area contributed by atoms with Gasteiger partial charge in [-0.3, -0.25) is 9.59 Å². The van der Waals surface area contributed by atoms with Gasteiger partial charge in [-0.15, -0.1) is 0 Å². The van der Waals surface area contributed by atoms with E-state index in [1.54, 1.807) is 13.8 Å². The first-order valence-corrected chi connectivity index (χ1v) is 17.7. The van der Waals surface area contributed by atoms with Crippen LogP contribution >= 0.6 is 6.72 Å². The van der Waals surface area contributed by atoms with Crippen LogP contribution in [0.1, 0.15) is 117 Å². The summed E-state index contributed by atoms with van der Waals surface area (Å²) in [6, 6.07) is -0.430. The Morgan fingerprint density at radius 1 is 1.00 bits per heavy atom. The van der Waals surface area contributed by atoms with Crippen molar-refractivity contribution < 1.29 is 33.4 Å². The van der Waals surface area contributed by atoms with Crippen LogP contribution in [0.15, 0.2) is 0 Å². The lowest BCUT2D eigenvalue weighted by atomic mass is 10.0. The van der Waals surface area contributed by atoms with Crippen LogP contribution in [0, 0.1) is 0 Å². The predicted octanol–water partition coefficient (Wildman–Crippen LogP) is 5.22. The molecule has 0 radical (unpaired) electrons. The van der Waals surface area contributed by atoms with Gasteiger partial charge in [0.1, 0.15) is 6.61 Å². The maximum absolute atomic E-state index is 12.6. The van der Waals surface area contributed by atoms with Crippen LogP contribution in [0.25, 0.3) is 0 Å². The minimum absolute atomic E-state index is 0.0104. The zero-order valence-corrected chi connectivity index (χ0v) is 26.3. The average molecular weight is 595 g/mol. The van der Waals surface area contributed by atoms with Gasteiger partial charge in [-0.05, 0) is 38.5 Å². The largest absolute Gasteiger partial charge is 0.394 e. The molecule has 11 heteroatoms. The normalized spacial score (nSPS) is 19.0. The summed E-state index contributed by atoms with van der Waals surface area (Å²) in [6.07, 6.45) is 16.7. The molecule has 1 fully saturated rings. The molecule has 0 aliphatic carbocycles. The molecule has 1 rings (SSSR count). The molecule has 0 aromatic heterocycles. The average Bonchev–Trinajstić information content (AvgIpc) is 3.27. The lowest BCUT2D eigenvalue weighted by Crippen LogP contribution is -2.40. The first-order chi connectivity index (χ1) is 18.7. The number of carbonyl (C=O) groups is 2. The van der Waals surface area contributed by atoms with Crippen molar-refractivity contribution in [3.63, 3.8) is 0 Å². The van der Waals surface area contributed by atoms with Gasteiger partial charge in [0.15, 0.2) is 0 Å². The number of unbranched alkanes of at least 4 members (excludes halogenated alkanes) is 12. The number of nitrogens with zero attached hydrogens (tertiary/aromatic N) is 1. The SMILES string of the molecule is CCCCCCCCCCCCCCCC(=O)NCCOCC(=O)N1CC(OP(O)(=S)OC(C)C)CC1CO. The standard InChI is InChI=1S/C28H55N2O7PS/c1-4-5-6-7-8-9-10-11-12-13-14-15-16-17-27(32)29-18-19-35-23-28(33)30-21-26(20-25(30)22-31)37-38(34,39)36-24(2)3/h24-26,31H,4-23H2,1-3H3,(H,29,32)(H,34,39). The fourth-order valence-corrected chi connectivity index (χ4v) is 6.80. The van der Waals surface area contributed by atoms with Gasteiger partial charge in [-0.2, -0.15) is 0 Å². The Labute approximate surface area is 242 Å². The lowest BCUT2D eigenvalue weighted by molar-refractivity contribution is -0.137. The van der Waals surface area contributed by atoms with E-state index in [9.17, 15) is 19.6 Å². The molecular formula is C28H55N2O7PS. The molecule has 1 aliphatic heterocycles. The van der Waals surface area contributed by atoms with Crippen LogP contribution in [-0.2, 0) is 35.2 Å². The van der Waals surface area contributed by atoms with E-state index in [0.29, 0.717) is 19.4 Å². The highest BCUT2D eigenvalue weighted by atomic mass is 32.5.